The number of imidazole rings is 1. The van der Waals surface area contributed by atoms with Gasteiger partial charge in [-0.25, -0.2) is 4.98 Å². The van der Waals surface area contributed by atoms with Crippen LogP contribution in [0.4, 0.5) is 0 Å². The Kier molecular flexibility index (Phi) is 3.57. The number of fused-ring (bicyclic) bond motifs is 1. The number of nitrogens with zero attached hydrogens (tertiary/aromatic N) is 3. The fraction of sp³-hybridized carbons (Fsp3) is 0.222. The Balaban J connectivity index is 1.58. The summed E-state index contributed by atoms with van der Waals surface area (Å²) in [7, 11) is 1.65. The van der Waals surface area contributed by atoms with Crippen LogP contribution in [0.15, 0.2) is 53.3 Å². The zero-order valence-electron chi connectivity index (χ0n) is 13.3. The minimum atomic E-state index is -0.0970. The summed E-state index contributed by atoms with van der Waals surface area (Å²) < 4.78 is 12.6. The van der Waals surface area contributed by atoms with Crippen molar-refractivity contribution in [2.75, 3.05) is 13.7 Å². The third kappa shape index (κ3) is 2.46. The normalized spacial score (nSPS) is 13.6. The van der Waals surface area contributed by atoms with Crippen LogP contribution in [0.1, 0.15) is 16.4 Å². The van der Waals surface area contributed by atoms with Crippen molar-refractivity contribution in [3.8, 4) is 17.0 Å². The van der Waals surface area contributed by atoms with Crippen molar-refractivity contribution in [2.24, 2.45) is 0 Å². The van der Waals surface area contributed by atoms with Gasteiger partial charge >= 0.3 is 0 Å². The van der Waals surface area contributed by atoms with Crippen LogP contribution in [0, 0.1) is 0 Å². The highest BCUT2D eigenvalue weighted by Crippen LogP contribution is 2.26. The molecule has 0 unspecified atom stereocenters. The molecule has 1 aliphatic heterocycles. The fourth-order valence-electron chi connectivity index (χ4n) is 2.98. The number of hydrogen-bond donors (Lipinski definition) is 0. The zero-order chi connectivity index (χ0) is 16.5. The number of aromatic nitrogens is 2. The van der Waals surface area contributed by atoms with Crippen molar-refractivity contribution in [2.45, 2.75) is 13.1 Å². The highest BCUT2D eigenvalue weighted by atomic mass is 16.5. The molecule has 0 saturated carbocycles. The highest BCUT2D eigenvalue weighted by Gasteiger charge is 2.25. The highest BCUT2D eigenvalue weighted by molar-refractivity contribution is 5.91. The van der Waals surface area contributed by atoms with Crippen LogP contribution in [0.2, 0.25) is 0 Å². The summed E-state index contributed by atoms with van der Waals surface area (Å²) in [6.45, 7) is 1.82. The Morgan fingerprint density at radius 2 is 2.04 bits per heavy atom. The first-order valence-electron chi connectivity index (χ1n) is 7.78. The van der Waals surface area contributed by atoms with E-state index < -0.39 is 0 Å². The number of carbonyl (C=O) groups excluding carboxylic acids is 1. The summed E-state index contributed by atoms with van der Waals surface area (Å²) in [5.74, 6) is 1.98. The van der Waals surface area contributed by atoms with E-state index in [2.05, 4.69) is 9.55 Å². The zero-order valence-corrected chi connectivity index (χ0v) is 13.3. The average Bonchev–Trinajstić information content (AvgIpc) is 3.30. The van der Waals surface area contributed by atoms with E-state index in [-0.39, 0.29) is 5.91 Å². The van der Waals surface area contributed by atoms with Crippen molar-refractivity contribution >= 4 is 5.91 Å². The van der Waals surface area contributed by atoms with Crippen molar-refractivity contribution in [1.29, 1.82) is 0 Å². The predicted molar refractivity (Wildman–Crippen MR) is 87.7 cm³/mol. The molecule has 122 valence electrons. The number of amides is 1. The minimum Gasteiger partial charge on any atom is -0.497 e. The van der Waals surface area contributed by atoms with Gasteiger partial charge in [-0.1, -0.05) is 0 Å². The van der Waals surface area contributed by atoms with Gasteiger partial charge in [-0.3, -0.25) is 4.79 Å². The van der Waals surface area contributed by atoms with Crippen LogP contribution in [0.3, 0.4) is 0 Å². The molecule has 6 nitrogen and oxygen atoms in total. The first-order valence-corrected chi connectivity index (χ1v) is 7.78. The maximum Gasteiger partial charge on any atom is 0.290 e. The monoisotopic (exact) mass is 323 g/mol. The molecule has 1 aromatic carbocycles. The van der Waals surface area contributed by atoms with E-state index in [0.29, 0.717) is 25.4 Å². The lowest BCUT2D eigenvalue weighted by Gasteiger charge is -2.28. The molecule has 6 heteroatoms. The Morgan fingerprint density at radius 3 is 2.75 bits per heavy atom. The molecule has 0 bridgehead atoms. The van der Waals surface area contributed by atoms with Crippen molar-refractivity contribution in [3.63, 3.8) is 0 Å². The number of methoxy groups -OCH3 is 1. The van der Waals surface area contributed by atoms with Crippen LogP contribution in [0.25, 0.3) is 11.3 Å². The van der Waals surface area contributed by atoms with E-state index in [1.54, 1.807) is 24.1 Å². The number of ether oxygens (including phenoxy) is 1. The minimum absolute atomic E-state index is 0.0970. The number of carbonyl (C=O) groups is 1. The molecule has 1 aliphatic rings. The molecule has 3 heterocycles. The van der Waals surface area contributed by atoms with E-state index in [4.69, 9.17) is 9.15 Å². The van der Waals surface area contributed by atoms with Gasteiger partial charge in [0.05, 0.1) is 31.8 Å². The van der Waals surface area contributed by atoms with Gasteiger partial charge in [-0.05, 0) is 36.4 Å². The molecule has 24 heavy (non-hydrogen) atoms. The molecule has 0 aliphatic carbocycles. The number of benzene rings is 1. The Hall–Kier alpha value is -3.02. The van der Waals surface area contributed by atoms with E-state index in [1.165, 1.54) is 6.26 Å². The first kappa shape index (κ1) is 14.6. The molecular formula is C18H17N3O3. The summed E-state index contributed by atoms with van der Waals surface area (Å²) in [4.78, 5) is 18.7. The van der Waals surface area contributed by atoms with E-state index in [0.717, 1.165) is 22.8 Å². The standard InChI is InChI=1S/C18H17N3O3/c1-23-14-6-4-13(5-7-14)15-11-19-17-12-20(8-9-21(15)17)18(22)16-3-2-10-24-16/h2-7,10-11H,8-9,12H2,1H3. The second-order valence-electron chi connectivity index (χ2n) is 5.64. The second-order valence-corrected chi connectivity index (χ2v) is 5.64. The quantitative estimate of drug-likeness (QED) is 0.743. The lowest BCUT2D eigenvalue weighted by Crippen LogP contribution is -2.38. The maximum atomic E-state index is 12.4. The Morgan fingerprint density at radius 1 is 1.21 bits per heavy atom. The summed E-state index contributed by atoms with van der Waals surface area (Å²) in [6.07, 6.45) is 3.37. The molecule has 1 amide bonds. The van der Waals surface area contributed by atoms with Crippen molar-refractivity contribution in [1.82, 2.24) is 14.5 Å². The fourth-order valence-corrected chi connectivity index (χ4v) is 2.98. The van der Waals surface area contributed by atoms with Crippen LogP contribution in [-0.4, -0.2) is 34.0 Å². The molecule has 4 rings (SSSR count). The van der Waals surface area contributed by atoms with Gasteiger partial charge in [0.15, 0.2) is 5.76 Å². The van der Waals surface area contributed by atoms with Crippen LogP contribution in [-0.2, 0) is 13.1 Å². The van der Waals surface area contributed by atoms with E-state index in [9.17, 15) is 4.79 Å². The van der Waals surface area contributed by atoms with Crippen LogP contribution in [0.5, 0.6) is 5.75 Å². The molecule has 3 aromatic rings. The van der Waals surface area contributed by atoms with Gasteiger partial charge < -0.3 is 18.6 Å². The lowest BCUT2D eigenvalue weighted by molar-refractivity contribution is 0.0675. The Labute approximate surface area is 139 Å². The summed E-state index contributed by atoms with van der Waals surface area (Å²) in [6, 6.07) is 11.3. The number of rotatable bonds is 3. The summed E-state index contributed by atoms with van der Waals surface area (Å²) in [5, 5.41) is 0. The van der Waals surface area contributed by atoms with Gasteiger partial charge in [0.2, 0.25) is 0 Å². The largest absolute Gasteiger partial charge is 0.497 e. The summed E-state index contributed by atoms with van der Waals surface area (Å²) in [5.41, 5.74) is 2.14. The third-order valence-electron chi connectivity index (χ3n) is 4.27. The second kappa shape index (κ2) is 5.88. The van der Waals surface area contributed by atoms with Gasteiger partial charge in [-0.15, -0.1) is 0 Å². The molecule has 0 saturated heterocycles. The van der Waals surface area contributed by atoms with Gasteiger partial charge in [0.1, 0.15) is 11.6 Å². The number of hydrogen-bond acceptors (Lipinski definition) is 4. The van der Waals surface area contributed by atoms with Crippen molar-refractivity contribution in [3.05, 3.63) is 60.4 Å². The third-order valence-corrected chi connectivity index (χ3v) is 4.27. The van der Waals surface area contributed by atoms with Crippen LogP contribution >= 0.6 is 0 Å². The van der Waals surface area contributed by atoms with Gasteiger partial charge in [-0.2, -0.15) is 0 Å². The SMILES string of the molecule is COc1ccc(-c2cnc3n2CCN(C(=O)c2ccco2)C3)cc1. The molecule has 2 aromatic heterocycles. The molecule has 0 atom stereocenters. The van der Waals surface area contributed by atoms with E-state index >= 15 is 0 Å². The number of furan rings is 1. The molecule has 0 spiro atoms. The van der Waals surface area contributed by atoms with E-state index in [1.807, 2.05) is 30.5 Å². The first-order chi connectivity index (χ1) is 11.8. The summed E-state index contributed by atoms with van der Waals surface area (Å²) >= 11 is 0. The topological polar surface area (TPSA) is 60.5 Å². The maximum absolute atomic E-state index is 12.4. The predicted octanol–water partition coefficient (Wildman–Crippen LogP) is 2.81. The van der Waals surface area contributed by atoms with Crippen LogP contribution < -0.4 is 4.74 Å². The lowest BCUT2D eigenvalue weighted by atomic mass is 10.1. The molecule has 0 radical (unpaired) electrons. The van der Waals surface area contributed by atoms with Crippen molar-refractivity contribution < 1.29 is 13.9 Å². The van der Waals surface area contributed by atoms with Gasteiger partial charge in [0.25, 0.3) is 5.91 Å². The smallest absolute Gasteiger partial charge is 0.290 e. The molecule has 0 N–H and O–H groups in total. The average molecular weight is 323 g/mol. The molecule has 0 fully saturated rings. The Bertz CT molecular complexity index is 850. The van der Waals surface area contributed by atoms with Gasteiger partial charge in [0, 0.05) is 18.7 Å². The molecular weight excluding hydrogens is 306 g/mol.